The van der Waals surface area contributed by atoms with Crippen LogP contribution in [0.25, 0.3) is 163 Å². The van der Waals surface area contributed by atoms with Crippen LogP contribution < -0.4 is 9.80 Å². The van der Waals surface area contributed by atoms with Crippen molar-refractivity contribution in [2.24, 2.45) is 0 Å². The quantitative estimate of drug-likeness (QED) is 0.135. The van der Waals surface area contributed by atoms with E-state index in [1.807, 2.05) is 0 Å². The molecule has 0 atom stereocenters. The zero-order valence-electron chi connectivity index (χ0n) is 55.5. The van der Waals surface area contributed by atoms with Gasteiger partial charge in [-0.2, -0.15) is 0 Å². The van der Waals surface area contributed by atoms with Crippen LogP contribution in [-0.2, 0) is 0 Å². The van der Waals surface area contributed by atoms with Crippen LogP contribution in [0.2, 0.25) is 0 Å². The van der Waals surface area contributed by atoms with Gasteiger partial charge in [0.05, 0.1) is 5.69 Å². The summed E-state index contributed by atoms with van der Waals surface area (Å²) < 4.78 is 13.0. The predicted molar refractivity (Wildman–Crippen MR) is 433 cm³/mol. The molecule has 102 heavy (non-hydrogen) atoms. The second-order valence-corrected chi connectivity index (χ2v) is 26.6. The van der Waals surface area contributed by atoms with Gasteiger partial charge >= 0.3 is 0 Å². The molecule has 0 aliphatic rings. The fourth-order valence-corrected chi connectivity index (χ4v) is 15.9. The third-order valence-corrected chi connectivity index (χ3v) is 20.9. The summed E-state index contributed by atoms with van der Waals surface area (Å²) >= 11 is 0. The maximum atomic E-state index is 6.54. The summed E-state index contributed by atoms with van der Waals surface area (Å²) in [7, 11) is 0. The Kier molecular flexibility index (Phi) is 13.9. The van der Waals surface area contributed by atoms with Crippen LogP contribution in [0.5, 0.6) is 0 Å². The van der Waals surface area contributed by atoms with E-state index in [0.717, 1.165) is 88.8 Å². The van der Waals surface area contributed by atoms with Gasteiger partial charge in [-0.05, 0) is 194 Å². The second kappa shape index (κ2) is 24.2. The first-order valence-electron chi connectivity index (χ1n) is 34.9. The van der Waals surface area contributed by atoms with E-state index in [9.17, 15) is 0 Å². The number of fused-ring (bicyclic) bond motifs is 18. The summed E-state index contributed by atoms with van der Waals surface area (Å²) in [6.45, 7) is 0. The Morgan fingerprint density at radius 1 is 0.167 bits per heavy atom. The minimum Gasteiger partial charge on any atom is -0.455 e. The van der Waals surface area contributed by atoms with Crippen molar-refractivity contribution in [2.45, 2.75) is 0 Å². The Labute approximate surface area is 588 Å². The van der Waals surface area contributed by atoms with Gasteiger partial charge in [-0.25, -0.2) is 0 Å². The molecule has 21 rings (SSSR count). The highest BCUT2D eigenvalue weighted by Gasteiger charge is 2.22. The minimum atomic E-state index is 0.885. The van der Waals surface area contributed by atoms with Crippen molar-refractivity contribution in [2.75, 3.05) is 9.80 Å². The van der Waals surface area contributed by atoms with E-state index in [2.05, 4.69) is 386 Å². The van der Waals surface area contributed by atoms with Crippen LogP contribution in [0.15, 0.2) is 385 Å². The number of benzene rings is 19. The first-order valence-corrected chi connectivity index (χ1v) is 34.9. The number of anilines is 6. The lowest BCUT2D eigenvalue weighted by atomic mass is 9.96. The fourth-order valence-electron chi connectivity index (χ4n) is 15.9. The Morgan fingerprint density at radius 3 is 1.04 bits per heavy atom. The van der Waals surface area contributed by atoms with Crippen LogP contribution in [0.4, 0.5) is 34.1 Å². The zero-order valence-corrected chi connectivity index (χ0v) is 55.5. The Hall–Kier alpha value is -13.5. The molecule has 476 valence electrons. The Morgan fingerprint density at radius 2 is 0.490 bits per heavy atom. The largest absolute Gasteiger partial charge is 0.455 e. The molecule has 2 aromatic heterocycles. The molecule has 4 heteroatoms. The Bertz CT molecular complexity index is 6870. The number of hydrogen-bond donors (Lipinski definition) is 0. The number of furan rings is 2. The van der Waals surface area contributed by atoms with Gasteiger partial charge in [0.15, 0.2) is 0 Å². The van der Waals surface area contributed by atoms with E-state index in [0.29, 0.717) is 0 Å². The summed E-state index contributed by atoms with van der Waals surface area (Å²) in [5.41, 5.74) is 17.5. The van der Waals surface area contributed by atoms with E-state index in [-0.39, 0.29) is 0 Å². The van der Waals surface area contributed by atoms with Gasteiger partial charge in [0.1, 0.15) is 22.3 Å². The standard InChI is InChI=1S/C52H33NO.C46H29NO/c1-4-14-42-36(10-1)13-9-19-43(42)38-22-20-34(21-23-38)35-24-27-40(28-25-35)53(50-32-39-12-3-5-15-44(39)46-17-7-8-18-47(46)50)41-29-31-51-49(33-41)48-30-26-37-11-2-6-16-45(37)52(48)54-51;1-4-12-38-30(8-1)11-7-15-40(38)33-18-21-35(22-19-33)47(36-23-26-41-34(28-36)17-16-31-9-2-5-13-39(31)41)37-24-27-45-44(29-37)43-25-20-32-10-3-6-14-42(32)46(43)48-45/h1-33H;1-29H. The van der Waals surface area contributed by atoms with E-state index in [1.54, 1.807) is 0 Å². The van der Waals surface area contributed by atoms with Gasteiger partial charge < -0.3 is 18.6 Å². The second-order valence-electron chi connectivity index (χ2n) is 26.6. The van der Waals surface area contributed by atoms with Crippen molar-refractivity contribution < 1.29 is 8.83 Å². The highest BCUT2D eigenvalue weighted by Crippen LogP contribution is 2.47. The first kappa shape index (κ1) is 58.6. The molecule has 0 fully saturated rings. The SMILES string of the molecule is c1ccc2c(-c3ccc(-c4ccc(N(c5ccc6oc7c8ccccc8ccc7c6c5)c5cc6ccccc6c6ccccc56)cc4)cc3)cccc2c1.c1ccc2c(-c3ccc(N(c4ccc5c(ccc6ccccc65)c4)c4ccc5oc6c7ccccc7ccc6c5c4)cc3)cccc2c1. The van der Waals surface area contributed by atoms with Crippen molar-refractivity contribution in [3.05, 3.63) is 376 Å². The molecule has 0 saturated carbocycles. The molecule has 0 spiro atoms. The van der Waals surface area contributed by atoms with E-state index >= 15 is 0 Å². The third kappa shape index (κ3) is 9.99. The van der Waals surface area contributed by atoms with Gasteiger partial charge in [-0.15, -0.1) is 0 Å². The average Bonchev–Trinajstić information content (AvgIpc) is 1.41. The number of rotatable bonds is 9. The Balaban J connectivity index is 0.000000138. The molecule has 0 aliphatic heterocycles. The van der Waals surface area contributed by atoms with Gasteiger partial charge in [-0.3, -0.25) is 0 Å². The molecule has 0 bridgehead atoms. The average molecular weight is 1300 g/mol. The summed E-state index contributed by atoms with van der Waals surface area (Å²) in [6.07, 6.45) is 0. The third-order valence-electron chi connectivity index (χ3n) is 20.9. The summed E-state index contributed by atoms with van der Waals surface area (Å²) in [4.78, 5) is 4.77. The lowest BCUT2D eigenvalue weighted by molar-refractivity contribution is 0.672. The highest BCUT2D eigenvalue weighted by atomic mass is 16.3. The van der Waals surface area contributed by atoms with Crippen molar-refractivity contribution in [3.63, 3.8) is 0 Å². The minimum absolute atomic E-state index is 0.885. The summed E-state index contributed by atoms with van der Waals surface area (Å²) in [6, 6.07) is 136. The molecular formula is C98H62N2O2. The van der Waals surface area contributed by atoms with Crippen molar-refractivity contribution >= 4 is 164 Å². The maximum absolute atomic E-state index is 6.54. The molecule has 0 radical (unpaired) electrons. The van der Waals surface area contributed by atoms with E-state index in [1.165, 1.54) is 109 Å². The maximum Gasteiger partial charge on any atom is 0.143 e. The van der Waals surface area contributed by atoms with Gasteiger partial charge in [0, 0.05) is 66.1 Å². The van der Waals surface area contributed by atoms with Crippen molar-refractivity contribution in [1.29, 1.82) is 0 Å². The summed E-state index contributed by atoms with van der Waals surface area (Å²) in [5.74, 6) is 0. The molecule has 0 N–H and O–H groups in total. The fraction of sp³-hybridized carbons (Fsp3) is 0. The number of hydrogen-bond acceptors (Lipinski definition) is 4. The molecule has 0 unspecified atom stereocenters. The summed E-state index contributed by atoms with van der Waals surface area (Å²) in [5, 5.41) is 24.0. The van der Waals surface area contributed by atoms with Crippen molar-refractivity contribution in [3.8, 4) is 33.4 Å². The van der Waals surface area contributed by atoms with Gasteiger partial charge in [0.2, 0.25) is 0 Å². The van der Waals surface area contributed by atoms with Crippen LogP contribution >= 0.6 is 0 Å². The normalized spacial score (nSPS) is 11.7. The van der Waals surface area contributed by atoms with Gasteiger partial charge in [-0.1, -0.05) is 285 Å². The zero-order chi connectivity index (χ0) is 67.2. The van der Waals surface area contributed by atoms with Crippen LogP contribution in [0.3, 0.4) is 0 Å². The first-order chi connectivity index (χ1) is 50.5. The molecule has 0 saturated heterocycles. The topological polar surface area (TPSA) is 32.8 Å². The van der Waals surface area contributed by atoms with Crippen LogP contribution in [0, 0.1) is 0 Å². The molecule has 21 aromatic rings. The van der Waals surface area contributed by atoms with E-state index in [4.69, 9.17) is 8.83 Å². The lowest BCUT2D eigenvalue weighted by Crippen LogP contribution is -2.10. The smallest absolute Gasteiger partial charge is 0.143 e. The highest BCUT2D eigenvalue weighted by molar-refractivity contribution is 6.19. The van der Waals surface area contributed by atoms with Crippen LogP contribution in [0.1, 0.15) is 0 Å². The molecule has 0 amide bonds. The van der Waals surface area contributed by atoms with E-state index < -0.39 is 0 Å². The molecule has 4 nitrogen and oxygen atoms in total. The van der Waals surface area contributed by atoms with Gasteiger partial charge in [0.25, 0.3) is 0 Å². The predicted octanol–water partition coefficient (Wildman–Crippen LogP) is 28.3. The molecular weight excluding hydrogens is 1240 g/mol. The lowest BCUT2D eigenvalue weighted by Gasteiger charge is -2.28. The monoisotopic (exact) mass is 1300 g/mol. The molecule has 0 aliphatic carbocycles. The van der Waals surface area contributed by atoms with Crippen molar-refractivity contribution in [1.82, 2.24) is 0 Å². The molecule has 2 heterocycles. The van der Waals surface area contributed by atoms with Crippen LogP contribution in [-0.4, -0.2) is 0 Å². The number of nitrogens with zero attached hydrogens (tertiary/aromatic N) is 2. The molecule has 19 aromatic carbocycles.